The summed E-state index contributed by atoms with van der Waals surface area (Å²) in [4.78, 5) is 11.0. The lowest BCUT2D eigenvalue weighted by Gasteiger charge is -2.12. The van der Waals surface area contributed by atoms with Crippen LogP contribution in [0.2, 0.25) is 0 Å². The van der Waals surface area contributed by atoms with Crippen LogP contribution in [0.1, 0.15) is 11.1 Å². The molecule has 0 aromatic heterocycles. The molecule has 3 rings (SSSR count). The number of methoxy groups -OCH3 is 1. The van der Waals surface area contributed by atoms with Crippen molar-refractivity contribution in [3.8, 4) is 22.6 Å². The second-order valence-electron chi connectivity index (χ2n) is 5.90. The topological polar surface area (TPSA) is 55.8 Å². The lowest BCUT2D eigenvalue weighted by molar-refractivity contribution is -0.136. The van der Waals surface area contributed by atoms with Crippen molar-refractivity contribution in [2.24, 2.45) is 0 Å². The van der Waals surface area contributed by atoms with Crippen molar-refractivity contribution in [1.29, 1.82) is 0 Å². The van der Waals surface area contributed by atoms with Crippen LogP contribution in [0.4, 0.5) is 0 Å². The zero-order valence-corrected chi connectivity index (χ0v) is 14.5. The molecule has 1 N–H and O–H groups in total. The minimum atomic E-state index is -0.856. The summed E-state index contributed by atoms with van der Waals surface area (Å²) in [5.74, 6) is 0.626. The van der Waals surface area contributed by atoms with Gasteiger partial charge in [-0.15, -0.1) is 0 Å². The minimum absolute atomic E-state index is 0.0186. The number of benzene rings is 3. The van der Waals surface area contributed by atoms with Gasteiger partial charge in [0.05, 0.1) is 13.5 Å². The SMILES string of the molecule is COc1ccc(CC(=O)O)cc1-c1ccc(OCc2ccccc2)cc1. The highest BCUT2D eigenvalue weighted by Crippen LogP contribution is 2.32. The summed E-state index contributed by atoms with van der Waals surface area (Å²) in [6.45, 7) is 0.512. The average molecular weight is 348 g/mol. The third kappa shape index (κ3) is 4.42. The number of hydrogen-bond acceptors (Lipinski definition) is 3. The van der Waals surface area contributed by atoms with E-state index in [4.69, 9.17) is 14.6 Å². The predicted molar refractivity (Wildman–Crippen MR) is 101 cm³/mol. The molecule has 0 aliphatic rings. The molecule has 3 aromatic carbocycles. The van der Waals surface area contributed by atoms with Gasteiger partial charge in [-0.1, -0.05) is 48.5 Å². The number of carboxylic acid groups (broad SMARTS) is 1. The van der Waals surface area contributed by atoms with E-state index in [-0.39, 0.29) is 6.42 Å². The maximum absolute atomic E-state index is 11.0. The summed E-state index contributed by atoms with van der Waals surface area (Å²) in [6, 6.07) is 23.1. The van der Waals surface area contributed by atoms with Gasteiger partial charge in [-0.05, 0) is 41.0 Å². The van der Waals surface area contributed by atoms with E-state index in [0.29, 0.717) is 12.4 Å². The minimum Gasteiger partial charge on any atom is -0.496 e. The highest BCUT2D eigenvalue weighted by atomic mass is 16.5. The van der Waals surface area contributed by atoms with Gasteiger partial charge in [0.15, 0.2) is 0 Å². The fourth-order valence-electron chi connectivity index (χ4n) is 2.74. The van der Waals surface area contributed by atoms with E-state index in [0.717, 1.165) is 28.0 Å². The van der Waals surface area contributed by atoms with Gasteiger partial charge < -0.3 is 14.6 Å². The number of aliphatic carboxylic acids is 1. The molecule has 0 bridgehead atoms. The summed E-state index contributed by atoms with van der Waals surface area (Å²) in [6.07, 6.45) is -0.0186. The first-order chi connectivity index (χ1) is 12.7. The van der Waals surface area contributed by atoms with Crippen molar-refractivity contribution in [2.45, 2.75) is 13.0 Å². The summed E-state index contributed by atoms with van der Waals surface area (Å²) in [7, 11) is 1.60. The van der Waals surface area contributed by atoms with Crippen molar-refractivity contribution in [1.82, 2.24) is 0 Å². The molecular formula is C22H20O4. The van der Waals surface area contributed by atoms with Gasteiger partial charge in [0.25, 0.3) is 0 Å². The fraction of sp³-hybridized carbons (Fsp3) is 0.136. The van der Waals surface area contributed by atoms with E-state index in [2.05, 4.69) is 0 Å². The molecule has 0 atom stereocenters. The van der Waals surface area contributed by atoms with E-state index in [1.165, 1.54) is 0 Å². The van der Waals surface area contributed by atoms with E-state index in [1.807, 2.05) is 60.7 Å². The third-order valence-electron chi connectivity index (χ3n) is 4.03. The van der Waals surface area contributed by atoms with Gasteiger partial charge in [0.2, 0.25) is 0 Å². The Bertz CT molecular complexity index is 870. The van der Waals surface area contributed by atoms with Gasteiger partial charge in [-0.3, -0.25) is 4.79 Å². The number of ether oxygens (including phenoxy) is 2. The first-order valence-electron chi connectivity index (χ1n) is 8.31. The van der Waals surface area contributed by atoms with Crippen LogP contribution < -0.4 is 9.47 Å². The van der Waals surface area contributed by atoms with Crippen LogP contribution >= 0.6 is 0 Å². The number of hydrogen-bond donors (Lipinski definition) is 1. The van der Waals surface area contributed by atoms with E-state index < -0.39 is 5.97 Å². The monoisotopic (exact) mass is 348 g/mol. The molecule has 0 aliphatic carbocycles. The molecule has 3 aromatic rings. The van der Waals surface area contributed by atoms with Crippen LogP contribution in [0.3, 0.4) is 0 Å². The molecule has 0 spiro atoms. The molecule has 4 heteroatoms. The first-order valence-corrected chi connectivity index (χ1v) is 8.31. The first kappa shape index (κ1) is 17.5. The van der Waals surface area contributed by atoms with Gasteiger partial charge >= 0.3 is 5.97 Å². The highest BCUT2D eigenvalue weighted by molar-refractivity contribution is 5.75. The molecular weight excluding hydrogens is 328 g/mol. The molecule has 0 saturated heterocycles. The molecule has 4 nitrogen and oxygen atoms in total. The number of carboxylic acids is 1. The molecule has 0 heterocycles. The number of carbonyl (C=O) groups is 1. The largest absolute Gasteiger partial charge is 0.496 e. The maximum Gasteiger partial charge on any atom is 0.307 e. The quantitative estimate of drug-likeness (QED) is 0.680. The van der Waals surface area contributed by atoms with Crippen molar-refractivity contribution in [2.75, 3.05) is 7.11 Å². The summed E-state index contributed by atoms with van der Waals surface area (Å²) < 4.78 is 11.2. The van der Waals surface area contributed by atoms with Crippen LogP contribution in [-0.4, -0.2) is 18.2 Å². The molecule has 0 unspecified atom stereocenters. The lowest BCUT2D eigenvalue weighted by atomic mass is 10.0. The maximum atomic E-state index is 11.0. The van der Waals surface area contributed by atoms with E-state index in [9.17, 15) is 4.79 Å². The standard InChI is InChI=1S/C22H20O4/c1-25-21-12-7-17(14-22(23)24)13-20(21)18-8-10-19(11-9-18)26-15-16-5-3-2-4-6-16/h2-13H,14-15H2,1H3,(H,23,24). The van der Waals surface area contributed by atoms with E-state index in [1.54, 1.807) is 19.2 Å². The summed E-state index contributed by atoms with van der Waals surface area (Å²) in [5.41, 5.74) is 3.65. The van der Waals surface area contributed by atoms with Crippen LogP contribution in [0.25, 0.3) is 11.1 Å². The van der Waals surface area contributed by atoms with Crippen LogP contribution in [0.15, 0.2) is 72.8 Å². The molecule has 0 amide bonds. The normalized spacial score (nSPS) is 10.3. The molecule has 0 radical (unpaired) electrons. The van der Waals surface area contributed by atoms with Crippen molar-refractivity contribution < 1.29 is 19.4 Å². The van der Waals surface area contributed by atoms with Crippen molar-refractivity contribution >= 4 is 5.97 Å². The second kappa shape index (κ2) is 8.21. The average Bonchev–Trinajstić information content (AvgIpc) is 2.67. The van der Waals surface area contributed by atoms with Crippen LogP contribution in [0, 0.1) is 0 Å². The van der Waals surface area contributed by atoms with Gasteiger partial charge in [0.1, 0.15) is 18.1 Å². The molecule has 0 saturated carbocycles. The lowest BCUT2D eigenvalue weighted by Crippen LogP contribution is -2.00. The molecule has 26 heavy (non-hydrogen) atoms. The van der Waals surface area contributed by atoms with Gasteiger partial charge in [-0.2, -0.15) is 0 Å². The zero-order valence-electron chi connectivity index (χ0n) is 14.5. The van der Waals surface area contributed by atoms with Crippen molar-refractivity contribution in [3.05, 3.63) is 83.9 Å². The number of rotatable bonds is 7. The Morgan fingerprint density at radius 3 is 2.31 bits per heavy atom. The Labute approximate surface area is 152 Å². The van der Waals surface area contributed by atoms with Gasteiger partial charge in [0, 0.05) is 5.56 Å². The molecule has 0 fully saturated rings. The molecule has 0 aliphatic heterocycles. The van der Waals surface area contributed by atoms with Crippen LogP contribution in [0.5, 0.6) is 11.5 Å². The molecule has 132 valence electrons. The predicted octanol–water partition coefficient (Wildman–Crippen LogP) is 4.57. The summed E-state index contributed by atoms with van der Waals surface area (Å²) in [5, 5.41) is 9.00. The zero-order chi connectivity index (χ0) is 18.4. The van der Waals surface area contributed by atoms with E-state index >= 15 is 0 Å². The highest BCUT2D eigenvalue weighted by Gasteiger charge is 2.09. The van der Waals surface area contributed by atoms with Crippen LogP contribution in [-0.2, 0) is 17.8 Å². The Kier molecular flexibility index (Phi) is 5.54. The Hall–Kier alpha value is -3.27. The second-order valence-corrected chi connectivity index (χ2v) is 5.90. The Morgan fingerprint density at radius 2 is 1.65 bits per heavy atom. The fourth-order valence-corrected chi connectivity index (χ4v) is 2.74. The summed E-state index contributed by atoms with van der Waals surface area (Å²) >= 11 is 0. The smallest absolute Gasteiger partial charge is 0.307 e. The van der Waals surface area contributed by atoms with Crippen molar-refractivity contribution in [3.63, 3.8) is 0 Å². The third-order valence-corrected chi connectivity index (χ3v) is 4.03. The Morgan fingerprint density at radius 1 is 0.923 bits per heavy atom. The van der Waals surface area contributed by atoms with Gasteiger partial charge in [-0.25, -0.2) is 0 Å². The Balaban J connectivity index is 1.78.